The average Bonchev–Trinajstić information content (AvgIpc) is 3.36. The zero-order valence-electron chi connectivity index (χ0n) is 22.6. The van der Waals surface area contributed by atoms with Gasteiger partial charge in [-0.3, -0.25) is 9.69 Å². The number of piperazine rings is 2. The van der Waals surface area contributed by atoms with E-state index in [4.69, 9.17) is 9.47 Å². The molecular weight excluding hydrogens is 519 g/mol. The van der Waals surface area contributed by atoms with E-state index in [0.717, 1.165) is 31.7 Å². The van der Waals surface area contributed by atoms with Gasteiger partial charge in [0.15, 0.2) is 0 Å². The van der Waals surface area contributed by atoms with Crippen molar-refractivity contribution in [3.63, 3.8) is 0 Å². The smallest absolute Gasteiger partial charge is 0.414 e. The summed E-state index contributed by atoms with van der Waals surface area (Å²) in [5.41, 5.74) is 1.89. The molecule has 0 saturated carbocycles. The van der Waals surface area contributed by atoms with Crippen LogP contribution in [-0.4, -0.2) is 105 Å². The molecule has 3 aliphatic rings. The molecule has 214 valence electrons. The van der Waals surface area contributed by atoms with Crippen LogP contribution in [0.15, 0.2) is 48.5 Å². The SMILES string of the molecule is CC(=O)NC[C@@H]1CN(c2ccc(N3CCN(N4CCN(C(=O)OCc5ccccc5)CC4)CC3)c(F)c2)C(=O)O1. The third-order valence-corrected chi connectivity index (χ3v) is 7.41. The van der Waals surface area contributed by atoms with Crippen LogP contribution in [0.1, 0.15) is 12.5 Å². The Hall–Kier alpha value is -3.90. The number of carbonyl (C=O) groups is 3. The second-order valence-electron chi connectivity index (χ2n) is 10.1. The van der Waals surface area contributed by atoms with E-state index in [-0.39, 0.29) is 31.7 Å². The number of hydrazine groups is 1. The number of nitrogens with zero attached hydrogens (tertiary/aromatic N) is 5. The minimum atomic E-state index is -0.555. The topological polar surface area (TPSA) is 97.9 Å². The Morgan fingerprint density at radius 1 is 0.975 bits per heavy atom. The predicted octanol–water partition coefficient (Wildman–Crippen LogP) is 2.28. The summed E-state index contributed by atoms with van der Waals surface area (Å²) in [6.45, 7) is 7.53. The Kier molecular flexibility index (Phi) is 8.66. The summed E-state index contributed by atoms with van der Waals surface area (Å²) >= 11 is 0. The third-order valence-electron chi connectivity index (χ3n) is 7.41. The molecule has 0 aromatic heterocycles. The first-order valence-electron chi connectivity index (χ1n) is 13.6. The molecule has 40 heavy (non-hydrogen) atoms. The van der Waals surface area contributed by atoms with Gasteiger partial charge in [-0.2, -0.15) is 0 Å². The minimum absolute atomic E-state index is 0.202. The van der Waals surface area contributed by atoms with Crippen LogP contribution in [0.4, 0.5) is 25.4 Å². The van der Waals surface area contributed by atoms with E-state index in [9.17, 15) is 14.4 Å². The predicted molar refractivity (Wildman–Crippen MR) is 146 cm³/mol. The first kappa shape index (κ1) is 27.7. The normalized spacial score (nSPS) is 20.4. The largest absolute Gasteiger partial charge is 0.445 e. The van der Waals surface area contributed by atoms with Gasteiger partial charge < -0.3 is 24.6 Å². The van der Waals surface area contributed by atoms with E-state index >= 15 is 4.39 Å². The van der Waals surface area contributed by atoms with Crippen LogP contribution in [0.5, 0.6) is 0 Å². The molecule has 1 atom stereocenters. The van der Waals surface area contributed by atoms with Crippen molar-refractivity contribution in [2.45, 2.75) is 19.6 Å². The summed E-state index contributed by atoms with van der Waals surface area (Å²) in [6.07, 6.45) is -1.33. The molecule has 3 aliphatic heterocycles. The summed E-state index contributed by atoms with van der Waals surface area (Å²) < 4.78 is 25.9. The molecule has 3 amide bonds. The average molecular weight is 555 g/mol. The van der Waals surface area contributed by atoms with Gasteiger partial charge in [0.05, 0.1) is 24.5 Å². The van der Waals surface area contributed by atoms with Crippen molar-refractivity contribution in [2.24, 2.45) is 0 Å². The van der Waals surface area contributed by atoms with Crippen molar-refractivity contribution in [1.29, 1.82) is 0 Å². The zero-order valence-corrected chi connectivity index (χ0v) is 22.6. The van der Waals surface area contributed by atoms with E-state index < -0.39 is 18.0 Å². The summed E-state index contributed by atoms with van der Waals surface area (Å²) in [5.74, 6) is -0.599. The lowest BCUT2D eigenvalue weighted by atomic mass is 10.2. The van der Waals surface area contributed by atoms with Crippen LogP contribution >= 0.6 is 0 Å². The number of halogens is 1. The molecule has 3 heterocycles. The van der Waals surface area contributed by atoms with Crippen molar-refractivity contribution >= 4 is 29.5 Å². The number of ether oxygens (including phenoxy) is 2. The number of rotatable bonds is 7. The minimum Gasteiger partial charge on any atom is -0.445 e. The first-order valence-corrected chi connectivity index (χ1v) is 13.6. The highest BCUT2D eigenvalue weighted by molar-refractivity contribution is 5.90. The van der Waals surface area contributed by atoms with Crippen molar-refractivity contribution in [3.05, 3.63) is 59.9 Å². The summed E-state index contributed by atoms with van der Waals surface area (Å²) in [6, 6.07) is 14.4. The number of benzene rings is 2. The Bertz CT molecular complexity index is 1200. The molecule has 0 spiro atoms. The van der Waals surface area contributed by atoms with Crippen LogP contribution in [0.3, 0.4) is 0 Å². The summed E-state index contributed by atoms with van der Waals surface area (Å²) in [7, 11) is 0. The summed E-state index contributed by atoms with van der Waals surface area (Å²) in [4.78, 5) is 41.0. The van der Waals surface area contributed by atoms with E-state index in [2.05, 4.69) is 15.3 Å². The molecule has 0 aliphatic carbocycles. The Morgan fingerprint density at radius 2 is 1.65 bits per heavy atom. The number of hydrogen-bond donors (Lipinski definition) is 1. The molecule has 3 fully saturated rings. The maximum Gasteiger partial charge on any atom is 0.414 e. The van der Waals surface area contributed by atoms with Gasteiger partial charge in [0.2, 0.25) is 5.91 Å². The quantitative estimate of drug-likeness (QED) is 0.557. The third kappa shape index (κ3) is 6.62. The molecule has 0 bridgehead atoms. The fraction of sp³-hybridized carbons (Fsp3) is 0.464. The van der Waals surface area contributed by atoms with Gasteiger partial charge in [0, 0.05) is 59.3 Å². The highest BCUT2D eigenvalue weighted by Gasteiger charge is 2.33. The number of anilines is 2. The van der Waals surface area contributed by atoms with Gasteiger partial charge in [0.1, 0.15) is 18.5 Å². The second-order valence-corrected chi connectivity index (χ2v) is 10.1. The molecule has 11 nitrogen and oxygen atoms in total. The first-order chi connectivity index (χ1) is 19.4. The monoisotopic (exact) mass is 554 g/mol. The molecule has 2 aromatic carbocycles. The Morgan fingerprint density at radius 3 is 2.30 bits per heavy atom. The van der Waals surface area contributed by atoms with Gasteiger partial charge in [-0.25, -0.2) is 24.0 Å². The lowest BCUT2D eigenvalue weighted by Gasteiger charge is -2.45. The lowest BCUT2D eigenvalue weighted by molar-refractivity contribution is -0.119. The molecule has 1 N–H and O–H groups in total. The van der Waals surface area contributed by atoms with Crippen molar-refractivity contribution in [1.82, 2.24) is 20.2 Å². The molecular formula is C28H35FN6O5. The fourth-order valence-corrected chi connectivity index (χ4v) is 5.21. The molecule has 0 radical (unpaired) electrons. The van der Waals surface area contributed by atoms with E-state index in [1.54, 1.807) is 17.0 Å². The number of amides is 3. The number of cyclic esters (lactones) is 1. The number of hydrogen-bond acceptors (Lipinski definition) is 8. The number of nitrogens with one attached hydrogen (secondary N) is 1. The maximum absolute atomic E-state index is 15.2. The molecule has 3 saturated heterocycles. The van der Waals surface area contributed by atoms with Crippen molar-refractivity contribution in [3.8, 4) is 0 Å². The van der Waals surface area contributed by atoms with Crippen LogP contribution < -0.4 is 15.1 Å². The highest BCUT2D eigenvalue weighted by Crippen LogP contribution is 2.29. The molecule has 5 rings (SSSR count). The molecule has 12 heteroatoms. The molecule has 0 unspecified atom stereocenters. The van der Waals surface area contributed by atoms with Gasteiger partial charge in [0.25, 0.3) is 0 Å². The van der Waals surface area contributed by atoms with Gasteiger partial charge >= 0.3 is 12.2 Å². The Balaban J connectivity index is 1.07. The maximum atomic E-state index is 15.2. The van der Waals surface area contributed by atoms with Crippen molar-refractivity contribution in [2.75, 3.05) is 75.2 Å². The lowest BCUT2D eigenvalue weighted by Crippen LogP contribution is -2.59. The van der Waals surface area contributed by atoms with Crippen molar-refractivity contribution < 1.29 is 28.2 Å². The van der Waals surface area contributed by atoms with Crippen LogP contribution in [-0.2, 0) is 20.9 Å². The number of carbonyl (C=O) groups excluding carboxylic acids is 3. The molecule has 2 aromatic rings. The van der Waals surface area contributed by atoms with E-state index in [0.29, 0.717) is 37.6 Å². The van der Waals surface area contributed by atoms with Crippen LogP contribution in [0.25, 0.3) is 0 Å². The van der Waals surface area contributed by atoms with Crippen LogP contribution in [0, 0.1) is 5.82 Å². The fourth-order valence-electron chi connectivity index (χ4n) is 5.21. The highest BCUT2D eigenvalue weighted by atomic mass is 19.1. The Labute approximate surface area is 233 Å². The summed E-state index contributed by atoms with van der Waals surface area (Å²) in [5, 5.41) is 7.16. The van der Waals surface area contributed by atoms with Gasteiger partial charge in [-0.05, 0) is 23.8 Å². The zero-order chi connectivity index (χ0) is 28.1. The van der Waals surface area contributed by atoms with E-state index in [1.807, 2.05) is 35.2 Å². The van der Waals surface area contributed by atoms with Gasteiger partial charge in [-0.15, -0.1) is 0 Å². The van der Waals surface area contributed by atoms with Gasteiger partial charge in [-0.1, -0.05) is 30.3 Å². The van der Waals surface area contributed by atoms with Crippen LogP contribution in [0.2, 0.25) is 0 Å². The standard InChI is InChI=1S/C28H35FN6O5/c1-21(36)30-18-24-19-35(28(38)40-24)23-7-8-26(25(29)17-23)31-9-13-33(14-10-31)34-15-11-32(12-16-34)27(37)39-20-22-5-3-2-4-6-22/h2-8,17,24H,9-16,18-20H2,1H3,(H,30,36)/t24-/m1/s1. The second kappa shape index (κ2) is 12.5. The van der Waals surface area contributed by atoms with E-state index in [1.165, 1.54) is 17.9 Å².